The maximum atomic E-state index is 12.0. The maximum Gasteiger partial charge on any atom is 0.410 e. The van der Waals surface area contributed by atoms with E-state index in [0.29, 0.717) is 18.8 Å². The summed E-state index contributed by atoms with van der Waals surface area (Å²) in [6.07, 6.45) is -0.170. The predicted octanol–water partition coefficient (Wildman–Crippen LogP) is 2.22. The Morgan fingerprint density at radius 3 is 2.48 bits per heavy atom. The van der Waals surface area contributed by atoms with Gasteiger partial charge in [0.05, 0.1) is 13.5 Å². The molecule has 0 heterocycles. The van der Waals surface area contributed by atoms with Crippen molar-refractivity contribution in [1.82, 2.24) is 10.2 Å². The van der Waals surface area contributed by atoms with Crippen LogP contribution in [0.25, 0.3) is 0 Å². The van der Waals surface area contributed by atoms with Crippen molar-refractivity contribution in [2.75, 3.05) is 27.2 Å². The van der Waals surface area contributed by atoms with Crippen molar-refractivity contribution in [3.05, 3.63) is 29.8 Å². The average Bonchev–Trinajstić information content (AvgIpc) is 2.45. The number of hydrogen-bond donors (Lipinski definition) is 1. The Morgan fingerprint density at radius 1 is 1.22 bits per heavy atom. The minimum absolute atomic E-state index is 0.118. The van der Waals surface area contributed by atoms with E-state index in [1.165, 1.54) is 4.90 Å². The lowest BCUT2D eigenvalue weighted by Crippen LogP contribution is -2.39. The Hall–Kier alpha value is -2.24. The van der Waals surface area contributed by atoms with Gasteiger partial charge in [-0.1, -0.05) is 18.2 Å². The van der Waals surface area contributed by atoms with Crippen LogP contribution in [-0.2, 0) is 16.0 Å². The molecule has 1 aromatic carbocycles. The van der Waals surface area contributed by atoms with E-state index >= 15 is 0 Å². The molecule has 0 spiro atoms. The molecule has 128 valence electrons. The monoisotopic (exact) mass is 322 g/mol. The Labute approximate surface area is 137 Å². The summed E-state index contributed by atoms with van der Waals surface area (Å²) in [5.41, 5.74) is 0.298. The Balaban J connectivity index is 2.38. The number of nitrogens with zero attached hydrogens (tertiary/aromatic N) is 1. The molecule has 0 bridgehead atoms. The fraction of sp³-hybridized carbons (Fsp3) is 0.529. The van der Waals surface area contributed by atoms with Crippen LogP contribution in [0.5, 0.6) is 5.75 Å². The minimum Gasteiger partial charge on any atom is -0.496 e. The van der Waals surface area contributed by atoms with E-state index in [4.69, 9.17) is 9.47 Å². The molecule has 6 nitrogen and oxygen atoms in total. The van der Waals surface area contributed by atoms with Crippen LogP contribution in [0, 0.1) is 0 Å². The first-order chi connectivity index (χ1) is 10.7. The first-order valence-corrected chi connectivity index (χ1v) is 7.55. The van der Waals surface area contributed by atoms with Crippen LogP contribution in [0.15, 0.2) is 24.3 Å². The molecule has 0 aliphatic heterocycles. The highest BCUT2D eigenvalue weighted by atomic mass is 16.6. The third-order valence-corrected chi connectivity index (χ3v) is 3.02. The molecule has 0 aromatic heterocycles. The summed E-state index contributed by atoms with van der Waals surface area (Å²) < 4.78 is 10.5. The van der Waals surface area contributed by atoms with E-state index in [-0.39, 0.29) is 12.3 Å². The van der Waals surface area contributed by atoms with Gasteiger partial charge in [-0.2, -0.15) is 0 Å². The Bertz CT molecular complexity index is 538. The molecular weight excluding hydrogens is 296 g/mol. The van der Waals surface area contributed by atoms with Crippen molar-refractivity contribution in [3.63, 3.8) is 0 Å². The summed E-state index contributed by atoms with van der Waals surface area (Å²) in [5.74, 6) is 0.570. The lowest BCUT2D eigenvalue weighted by molar-refractivity contribution is -0.120. The highest BCUT2D eigenvalue weighted by Gasteiger charge is 2.19. The first-order valence-electron chi connectivity index (χ1n) is 7.55. The molecule has 23 heavy (non-hydrogen) atoms. The molecule has 0 fully saturated rings. The maximum absolute atomic E-state index is 12.0. The number of ether oxygens (including phenoxy) is 2. The van der Waals surface area contributed by atoms with Crippen LogP contribution in [0.4, 0.5) is 4.79 Å². The molecule has 0 saturated carbocycles. The molecule has 0 unspecified atom stereocenters. The molecule has 1 rings (SSSR count). The van der Waals surface area contributed by atoms with E-state index < -0.39 is 11.7 Å². The number of rotatable bonds is 6. The summed E-state index contributed by atoms with van der Waals surface area (Å²) in [4.78, 5) is 25.2. The molecule has 0 radical (unpaired) electrons. The Kier molecular flexibility index (Phi) is 6.88. The van der Waals surface area contributed by atoms with Crippen molar-refractivity contribution >= 4 is 12.0 Å². The van der Waals surface area contributed by atoms with Crippen molar-refractivity contribution in [1.29, 1.82) is 0 Å². The molecule has 0 aliphatic rings. The molecule has 1 N–H and O–H groups in total. The van der Waals surface area contributed by atoms with Gasteiger partial charge in [-0.15, -0.1) is 0 Å². The van der Waals surface area contributed by atoms with Crippen LogP contribution in [0.3, 0.4) is 0 Å². The third kappa shape index (κ3) is 7.04. The van der Waals surface area contributed by atoms with Crippen molar-refractivity contribution in [3.8, 4) is 5.75 Å². The fourth-order valence-electron chi connectivity index (χ4n) is 1.88. The van der Waals surface area contributed by atoms with Crippen LogP contribution in [0.1, 0.15) is 26.3 Å². The van der Waals surface area contributed by atoms with Gasteiger partial charge in [-0.25, -0.2) is 4.79 Å². The summed E-state index contributed by atoms with van der Waals surface area (Å²) in [7, 11) is 3.22. The summed E-state index contributed by atoms with van der Waals surface area (Å²) >= 11 is 0. The van der Waals surface area contributed by atoms with Gasteiger partial charge in [0.2, 0.25) is 5.91 Å². The topological polar surface area (TPSA) is 67.9 Å². The number of likely N-dealkylation sites (N-methyl/N-ethyl adjacent to an activating group) is 1. The smallest absolute Gasteiger partial charge is 0.410 e. The van der Waals surface area contributed by atoms with Gasteiger partial charge in [-0.05, 0) is 26.8 Å². The quantitative estimate of drug-likeness (QED) is 0.872. The SMILES string of the molecule is COc1ccccc1CC(=O)NCCN(C)C(=O)OC(C)(C)C. The van der Waals surface area contributed by atoms with Gasteiger partial charge in [0, 0.05) is 25.7 Å². The van der Waals surface area contributed by atoms with Crippen LogP contribution in [-0.4, -0.2) is 49.7 Å². The lowest BCUT2D eigenvalue weighted by Gasteiger charge is -2.24. The zero-order valence-electron chi connectivity index (χ0n) is 14.5. The summed E-state index contributed by atoms with van der Waals surface area (Å²) in [6, 6.07) is 7.39. The van der Waals surface area contributed by atoms with E-state index in [1.807, 2.05) is 45.0 Å². The molecule has 1 aromatic rings. The number of para-hydroxylation sites is 1. The number of hydrogen-bond acceptors (Lipinski definition) is 4. The second-order valence-corrected chi connectivity index (χ2v) is 6.24. The van der Waals surface area contributed by atoms with E-state index in [0.717, 1.165) is 5.56 Å². The predicted molar refractivity (Wildman–Crippen MR) is 88.6 cm³/mol. The number of methoxy groups -OCH3 is 1. The molecular formula is C17H26N2O4. The minimum atomic E-state index is -0.529. The van der Waals surface area contributed by atoms with Gasteiger partial charge in [0.15, 0.2) is 0 Å². The third-order valence-electron chi connectivity index (χ3n) is 3.02. The van der Waals surface area contributed by atoms with Crippen LogP contribution < -0.4 is 10.1 Å². The summed E-state index contributed by atoms with van der Waals surface area (Å²) in [5, 5.41) is 2.79. The van der Waals surface area contributed by atoms with Crippen molar-refractivity contribution < 1.29 is 19.1 Å². The standard InChI is InChI=1S/C17H26N2O4/c1-17(2,3)23-16(21)19(4)11-10-18-15(20)12-13-8-6-7-9-14(13)22-5/h6-9H,10-12H2,1-5H3,(H,18,20). The van der Waals surface area contributed by atoms with Crippen molar-refractivity contribution in [2.45, 2.75) is 32.8 Å². The zero-order valence-corrected chi connectivity index (χ0v) is 14.5. The normalized spacial score (nSPS) is 10.8. The molecule has 0 saturated heterocycles. The van der Waals surface area contributed by atoms with E-state index in [1.54, 1.807) is 14.2 Å². The van der Waals surface area contributed by atoms with Gasteiger partial charge in [0.25, 0.3) is 0 Å². The second kappa shape index (κ2) is 8.41. The summed E-state index contributed by atoms with van der Waals surface area (Å²) in [6.45, 7) is 6.19. The van der Waals surface area contributed by atoms with Gasteiger partial charge >= 0.3 is 6.09 Å². The number of carbonyl (C=O) groups excluding carboxylic acids is 2. The largest absolute Gasteiger partial charge is 0.496 e. The van der Waals surface area contributed by atoms with Crippen molar-refractivity contribution in [2.24, 2.45) is 0 Å². The molecule has 0 aliphatic carbocycles. The van der Waals surface area contributed by atoms with Crippen LogP contribution >= 0.6 is 0 Å². The van der Waals surface area contributed by atoms with Crippen LogP contribution in [0.2, 0.25) is 0 Å². The second-order valence-electron chi connectivity index (χ2n) is 6.24. The average molecular weight is 322 g/mol. The Morgan fingerprint density at radius 2 is 1.87 bits per heavy atom. The van der Waals surface area contributed by atoms with Gasteiger partial charge < -0.3 is 19.7 Å². The molecule has 2 amide bonds. The van der Waals surface area contributed by atoms with E-state index in [9.17, 15) is 9.59 Å². The lowest BCUT2D eigenvalue weighted by atomic mass is 10.1. The fourth-order valence-corrected chi connectivity index (χ4v) is 1.88. The zero-order chi connectivity index (χ0) is 17.5. The van der Waals surface area contributed by atoms with E-state index in [2.05, 4.69) is 5.32 Å². The first kappa shape index (κ1) is 18.8. The highest BCUT2D eigenvalue weighted by molar-refractivity contribution is 5.79. The highest BCUT2D eigenvalue weighted by Crippen LogP contribution is 2.17. The molecule has 6 heteroatoms. The number of benzene rings is 1. The number of nitrogens with one attached hydrogen (secondary N) is 1. The number of amides is 2. The van der Waals surface area contributed by atoms with Gasteiger partial charge in [0.1, 0.15) is 11.4 Å². The van der Waals surface area contributed by atoms with Gasteiger partial charge in [-0.3, -0.25) is 4.79 Å². The number of carbonyl (C=O) groups is 2. The molecule has 0 atom stereocenters.